The first-order valence-electron chi connectivity index (χ1n) is 6.88. The number of hydrogen-bond donors (Lipinski definition) is 1. The van der Waals surface area contributed by atoms with Gasteiger partial charge in [-0.25, -0.2) is 4.79 Å². The summed E-state index contributed by atoms with van der Waals surface area (Å²) in [5.41, 5.74) is 1.36. The quantitative estimate of drug-likeness (QED) is 0.888. The number of nitrogens with one attached hydrogen (secondary N) is 1. The van der Waals surface area contributed by atoms with Crippen molar-refractivity contribution in [2.24, 2.45) is 0 Å². The molecule has 1 N–H and O–H groups in total. The van der Waals surface area contributed by atoms with Gasteiger partial charge in [-0.05, 0) is 30.8 Å². The monoisotopic (exact) mass is 271 g/mol. The number of piperidine rings is 1. The summed E-state index contributed by atoms with van der Waals surface area (Å²) < 4.78 is 5.61. The van der Waals surface area contributed by atoms with Crippen molar-refractivity contribution in [1.82, 2.24) is 10.2 Å². The van der Waals surface area contributed by atoms with Crippen LogP contribution in [0.2, 0.25) is 0 Å². The Morgan fingerprint density at radius 1 is 1.30 bits per heavy atom. The van der Waals surface area contributed by atoms with E-state index >= 15 is 0 Å². The number of amides is 1. The summed E-state index contributed by atoms with van der Waals surface area (Å²) in [4.78, 5) is 13.8. The SMILES string of the molecule is N#Cc1ccc(CN2CC3(CCNCC3)OC2=O)cc1. The molecular formula is C15H17N3O2. The molecule has 0 aliphatic carbocycles. The number of carbonyl (C=O) groups is 1. The minimum absolute atomic E-state index is 0.226. The van der Waals surface area contributed by atoms with E-state index in [0.29, 0.717) is 18.7 Å². The molecule has 0 aromatic heterocycles. The van der Waals surface area contributed by atoms with Gasteiger partial charge in [0.1, 0.15) is 5.60 Å². The summed E-state index contributed by atoms with van der Waals surface area (Å²) in [5.74, 6) is 0. The van der Waals surface area contributed by atoms with Crippen LogP contribution < -0.4 is 5.32 Å². The van der Waals surface area contributed by atoms with Crippen molar-refractivity contribution in [3.63, 3.8) is 0 Å². The summed E-state index contributed by atoms with van der Waals surface area (Å²) in [7, 11) is 0. The van der Waals surface area contributed by atoms with E-state index in [1.807, 2.05) is 12.1 Å². The fourth-order valence-electron chi connectivity index (χ4n) is 2.86. The molecule has 1 spiro atoms. The van der Waals surface area contributed by atoms with Crippen molar-refractivity contribution in [3.8, 4) is 6.07 Å². The molecule has 2 fully saturated rings. The summed E-state index contributed by atoms with van der Waals surface area (Å²) in [6.07, 6.45) is 1.53. The Kier molecular flexibility index (Phi) is 3.33. The number of carbonyl (C=O) groups excluding carboxylic acids is 1. The minimum Gasteiger partial charge on any atom is -0.441 e. The van der Waals surface area contributed by atoms with Gasteiger partial charge < -0.3 is 10.1 Å². The third-order valence-electron chi connectivity index (χ3n) is 4.01. The van der Waals surface area contributed by atoms with Crippen LogP contribution in [0.4, 0.5) is 4.79 Å². The van der Waals surface area contributed by atoms with E-state index in [4.69, 9.17) is 10.00 Å². The predicted molar refractivity (Wildman–Crippen MR) is 72.9 cm³/mol. The smallest absolute Gasteiger partial charge is 0.410 e. The first-order valence-corrected chi connectivity index (χ1v) is 6.88. The van der Waals surface area contributed by atoms with Crippen LogP contribution in [0.5, 0.6) is 0 Å². The molecule has 2 aliphatic heterocycles. The topological polar surface area (TPSA) is 65.4 Å². The van der Waals surface area contributed by atoms with Gasteiger partial charge in [0.25, 0.3) is 0 Å². The van der Waals surface area contributed by atoms with E-state index in [1.165, 1.54) is 0 Å². The summed E-state index contributed by atoms with van der Waals surface area (Å²) >= 11 is 0. The molecule has 0 bridgehead atoms. The highest BCUT2D eigenvalue weighted by atomic mass is 16.6. The number of nitriles is 1. The lowest BCUT2D eigenvalue weighted by molar-refractivity contribution is 0.0316. The fraction of sp³-hybridized carbons (Fsp3) is 0.467. The van der Waals surface area contributed by atoms with E-state index in [1.54, 1.807) is 17.0 Å². The maximum Gasteiger partial charge on any atom is 0.410 e. The van der Waals surface area contributed by atoms with Crippen molar-refractivity contribution in [1.29, 1.82) is 5.26 Å². The molecule has 2 saturated heterocycles. The number of hydrogen-bond acceptors (Lipinski definition) is 4. The molecule has 0 atom stereocenters. The van der Waals surface area contributed by atoms with Gasteiger partial charge in [0.2, 0.25) is 0 Å². The van der Waals surface area contributed by atoms with Gasteiger partial charge >= 0.3 is 6.09 Å². The zero-order valence-corrected chi connectivity index (χ0v) is 11.3. The summed E-state index contributed by atoms with van der Waals surface area (Å²) in [6, 6.07) is 9.42. The van der Waals surface area contributed by atoms with Crippen LogP contribution in [-0.4, -0.2) is 36.2 Å². The number of benzene rings is 1. The Bertz CT molecular complexity index is 541. The van der Waals surface area contributed by atoms with Crippen LogP contribution in [0.15, 0.2) is 24.3 Å². The largest absolute Gasteiger partial charge is 0.441 e. The average Bonchev–Trinajstić information content (AvgIpc) is 2.76. The highest BCUT2D eigenvalue weighted by Gasteiger charge is 2.45. The maximum atomic E-state index is 12.0. The number of rotatable bonds is 2. The van der Waals surface area contributed by atoms with Gasteiger partial charge in [-0.2, -0.15) is 5.26 Å². The van der Waals surface area contributed by atoms with Crippen LogP contribution in [0, 0.1) is 11.3 Å². The molecule has 5 nitrogen and oxygen atoms in total. The fourth-order valence-corrected chi connectivity index (χ4v) is 2.86. The highest BCUT2D eigenvalue weighted by Crippen LogP contribution is 2.31. The second-order valence-electron chi connectivity index (χ2n) is 5.47. The predicted octanol–water partition coefficient (Wildman–Crippen LogP) is 1.63. The minimum atomic E-state index is -0.297. The van der Waals surface area contributed by atoms with E-state index < -0.39 is 0 Å². The lowest BCUT2D eigenvalue weighted by Gasteiger charge is -2.31. The lowest BCUT2D eigenvalue weighted by Crippen LogP contribution is -2.44. The van der Waals surface area contributed by atoms with Crippen molar-refractivity contribution in [2.75, 3.05) is 19.6 Å². The molecule has 104 valence electrons. The van der Waals surface area contributed by atoms with Crippen molar-refractivity contribution >= 4 is 6.09 Å². The maximum absolute atomic E-state index is 12.0. The molecule has 0 radical (unpaired) electrons. The molecule has 3 rings (SSSR count). The summed E-state index contributed by atoms with van der Waals surface area (Å²) in [6.45, 7) is 3.00. The molecule has 0 unspecified atom stereocenters. The first kappa shape index (κ1) is 12.9. The van der Waals surface area contributed by atoms with Gasteiger partial charge in [0.05, 0.1) is 18.2 Å². The van der Waals surface area contributed by atoms with Gasteiger partial charge in [0, 0.05) is 19.4 Å². The number of nitrogens with zero attached hydrogens (tertiary/aromatic N) is 2. The van der Waals surface area contributed by atoms with Crippen LogP contribution >= 0.6 is 0 Å². The molecule has 2 aliphatic rings. The zero-order chi connectivity index (χ0) is 14.0. The van der Waals surface area contributed by atoms with Crippen LogP contribution in [0.1, 0.15) is 24.0 Å². The molecular weight excluding hydrogens is 254 g/mol. The molecule has 20 heavy (non-hydrogen) atoms. The average molecular weight is 271 g/mol. The standard InChI is InChI=1S/C15H17N3O2/c16-9-12-1-3-13(4-2-12)10-18-11-15(20-14(18)19)5-7-17-8-6-15/h1-4,17H,5-8,10-11H2. The molecule has 1 aromatic rings. The van der Waals surface area contributed by atoms with Crippen LogP contribution in [0.3, 0.4) is 0 Å². The second-order valence-corrected chi connectivity index (χ2v) is 5.47. The van der Waals surface area contributed by atoms with E-state index in [9.17, 15) is 4.79 Å². The van der Waals surface area contributed by atoms with Gasteiger partial charge in [-0.3, -0.25) is 4.90 Å². The third kappa shape index (κ3) is 2.47. The normalized spacial score (nSPS) is 20.8. The second kappa shape index (κ2) is 5.14. The molecule has 0 saturated carbocycles. The van der Waals surface area contributed by atoms with Crippen molar-refractivity contribution in [2.45, 2.75) is 25.0 Å². The van der Waals surface area contributed by atoms with Crippen LogP contribution in [0.25, 0.3) is 0 Å². The molecule has 2 heterocycles. The van der Waals surface area contributed by atoms with Gasteiger partial charge in [-0.1, -0.05) is 12.1 Å². The highest BCUT2D eigenvalue weighted by molar-refractivity contribution is 5.70. The Morgan fingerprint density at radius 2 is 2.00 bits per heavy atom. The Morgan fingerprint density at radius 3 is 2.65 bits per heavy atom. The number of ether oxygens (including phenoxy) is 1. The first-order chi connectivity index (χ1) is 9.71. The van der Waals surface area contributed by atoms with Crippen molar-refractivity contribution < 1.29 is 9.53 Å². The lowest BCUT2D eigenvalue weighted by atomic mass is 9.92. The molecule has 1 amide bonds. The third-order valence-corrected chi connectivity index (χ3v) is 4.01. The Labute approximate surface area is 118 Å². The van der Waals surface area contributed by atoms with Crippen molar-refractivity contribution in [3.05, 3.63) is 35.4 Å². The van der Waals surface area contributed by atoms with E-state index in [0.717, 1.165) is 31.5 Å². The van der Waals surface area contributed by atoms with E-state index in [-0.39, 0.29) is 11.7 Å². The summed E-state index contributed by atoms with van der Waals surface area (Å²) in [5, 5.41) is 12.1. The molecule has 5 heteroatoms. The zero-order valence-electron chi connectivity index (χ0n) is 11.3. The van der Waals surface area contributed by atoms with Gasteiger partial charge in [-0.15, -0.1) is 0 Å². The Balaban J connectivity index is 1.68. The van der Waals surface area contributed by atoms with Crippen LogP contribution in [-0.2, 0) is 11.3 Å². The molecule has 1 aromatic carbocycles. The van der Waals surface area contributed by atoms with E-state index in [2.05, 4.69) is 11.4 Å². The van der Waals surface area contributed by atoms with Gasteiger partial charge in [0.15, 0.2) is 0 Å². The Hall–Kier alpha value is -2.06.